The number of halogens is 1. The van der Waals surface area contributed by atoms with E-state index in [-0.39, 0.29) is 6.54 Å². The molecule has 4 rings (SSSR count). The van der Waals surface area contributed by atoms with Crippen LogP contribution in [0.25, 0.3) is 10.8 Å². The maximum atomic E-state index is 14.1. The Kier molecular flexibility index (Phi) is 3.97. The summed E-state index contributed by atoms with van der Waals surface area (Å²) in [6, 6.07) is 13.4. The van der Waals surface area contributed by atoms with Gasteiger partial charge in [-0.2, -0.15) is 4.39 Å². The van der Waals surface area contributed by atoms with Crippen LogP contribution in [0.15, 0.2) is 58.3 Å². The van der Waals surface area contributed by atoms with Crippen LogP contribution in [0.5, 0.6) is 0 Å². The number of benzene rings is 2. The van der Waals surface area contributed by atoms with Crippen LogP contribution in [0, 0.1) is 5.82 Å². The largest absolute Gasteiger partial charge is 0.358 e. The molecular weight excluding hydrogens is 323 g/mol. The molecule has 128 valence electrons. The lowest BCUT2D eigenvalue weighted by atomic mass is 10.0. The van der Waals surface area contributed by atoms with E-state index < -0.39 is 23.3 Å². The van der Waals surface area contributed by atoms with E-state index in [9.17, 15) is 14.0 Å². The van der Waals surface area contributed by atoms with Crippen molar-refractivity contribution in [2.24, 2.45) is 0 Å². The van der Waals surface area contributed by atoms with Crippen LogP contribution in [0.2, 0.25) is 0 Å². The Labute approximate surface area is 142 Å². The lowest BCUT2D eigenvalue weighted by Gasteiger charge is -2.16. The Hall–Kier alpha value is -2.73. The molecule has 6 heteroatoms. The summed E-state index contributed by atoms with van der Waals surface area (Å²) in [6.07, 6.45) is 1.88. The first kappa shape index (κ1) is 15.8. The van der Waals surface area contributed by atoms with Gasteiger partial charge in [0.15, 0.2) is 0 Å². The molecule has 0 amide bonds. The molecule has 1 fully saturated rings. The van der Waals surface area contributed by atoms with Crippen LogP contribution >= 0.6 is 0 Å². The molecule has 2 heterocycles. The minimum Gasteiger partial charge on any atom is -0.358 e. The number of ether oxygens (including phenoxy) is 1. The molecule has 25 heavy (non-hydrogen) atoms. The summed E-state index contributed by atoms with van der Waals surface area (Å²) in [5.41, 5.74) is -0.666. The number of nitrogens with zero attached hydrogens (tertiary/aromatic N) is 2. The number of rotatable bonds is 3. The third kappa shape index (κ3) is 2.78. The van der Waals surface area contributed by atoms with Crippen LogP contribution in [0.1, 0.15) is 24.6 Å². The van der Waals surface area contributed by atoms with Gasteiger partial charge in [0, 0.05) is 6.61 Å². The molecule has 0 bridgehead atoms. The zero-order valence-corrected chi connectivity index (χ0v) is 13.5. The van der Waals surface area contributed by atoms with Gasteiger partial charge in [-0.25, -0.2) is 4.79 Å². The highest BCUT2D eigenvalue weighted by molar-refractivity contribution is 5.85. The smallest absolute Gasteiger partial charge is 0.333 e. The topological polar surface area (TPSA) is 53.2 Å². The first-order valence-corrected chi connectivity index (χ1v) is 8.25. The number of fused-ring (bicyclic) bond motifs is 1. The van der Waals surface area contributed by atoms with Crippen LogP contribution in [-0.4, -0.2) is 15.7 Å². The van der Waals surface area contributed by atoms with Gasteiger partial charge in [0.25, 0.3) is 5.56 Å². The van der Waals surface area contributed by atoms with Gasteiger partial charge < -0.3 is 4.74 Å². The van der Waals surface area contributed by atoms with Crippen LogP contribution in [-0.2, 0) is 11.3 Å². The van der Waals surface area contributed by atoms with E-state index >= 15 is 0 Å². The van der Waals surface area contributed by atoms with Crippen molar-refractivity contribution in [3.63, 3.8) is 0 Å². The van der Waals surface area contributed by atoms with Gasteiger partial charge in [0.05, 0.1) is 12.7 Å². The summed E-state index contributed by atoms with van der Waals surface area (Å²) in [4.78, 5) is 25.0. The lowest BCUT2D eigenvalue weighted by molar-refractivity contribution is 0.0504. The molecule has 0 saturated carbocycles. The predicted octanol–water partition coefficient (Wildman–Crippen LogP) is 2.66. The molecule has 1 aliphatic rings. The Balaban J connectivity index is 1.85. The van der Waals surface area contributed by atoms with Crippen molar-refractivity contribution >= 4 is 10.8 Å². The van der Waals surface area contributed by atoms with E-state index in [0.717, 1.165) is 33.5 Å². The molecule has 0 radical (unpaired) electrons. The fourth-order valence-electron chi connectivity index (χ4n) is 3.31. The average molecular weight is 340 g/mol. The Morgan fingerprint density at radius 3 is 2.72 bits per heavy atom. The van der Waals surface area contributed by atoms with Gasteiger partial charge >= 0.3 is 5.69 Å². The first-order valence-electron chi connectivity index (χ1n) is 8.25. The quantitative estimate of drug-likeness (QED) is 0.737. The van der Waals surface area contributed by atoms with Crippen molar-refractivity contribution in [1.82, 2.24) is 9.13 Å². The van der Waals surface area contributed by atoms with Gasteiger partial charge in [-0.15, -0.1) is 0 Å². The maximum absolute atomic E-state index is 14.1. The molecule has 0 spiro atoms. The van der Waals surface area contributed by atoms with Crippen molar-refractivity contribution in [1.29, 1.82) is 0 Å². The molecule has 1 atom stereocenters. The van der Waals surface area contributed by atoms with Crippen LogP contribution < -0.4 is 11.2 Å². The molecule has 1 aromatic heterocycles. The molecular formula is C19H17FN2O3. The summed E-state index contributed by atoms with van der Waals surface area (Å²) in [5, 5.41) is 1.94. The van der Waals surface area contributed by atoms with Gasteiger partial charge in [-0.3, -0.25) is 13.9 Å². The molecule has 3 aromatic rings. The van der Waals surface area contributed by atoms with Crippen molar-refractivity contribution in [2.45, 2.75) is 25.6 Å². The molecule has 0 aliphatic carbocycles. The second-order valence-electron chi connectivity index (χ2n) is 6.16. The minimum absolute atomic E-state index is 0.0174. The van der Waals surface area contributed by atoms with Crippen LogP contribution in [0.3, 0.4) is 0 Å². The number of aromatic nitrogens is 2. The molecule has 0 unspecified atom stereocenters. The summed E-state index contributed by atoms with van der Waals surface area (Å²) in [7, 11) is 0. The van der Waals surface area contributed by atoms with Gasteiger partial charge in [-0.05, 0) is 29.2 Å². The van der Waals surface area contributed by atoms with Gasteiger partial charge in [-0.1, -0.05) is 42.5 Å². The third-order valence-corrected chi connectivity index (χ3v) is 4.58. The highest BCUT2D eigenvalue weighted by atomic mass is 19.1. The second kappa shape index (κ2) is 6.29. The first-order chi connectivity index (χ1) is 12.1. The molecule has 2 aromatic carbocycles. The Bertz CT molecular complexity index is 1040. The number of hydrogen-bond donors (Lipinski definition) is 0. The Morgan fingerprint density at radius 1 is 1.12 bits per heavy atom. The predicted molar refractivity (Wildman–Crippen MR) is 92.2 cm³/mol. The van der Waals surface area contributed by atoms with Crippen molar-refractivity contribution in [2.75, 3.05) is 6.61 Å². The maximum Gasteiger partial charge on any atom is 0.333 e. The van der Waals surface area contributed by atoms with E-state index in [0.29, 0.717) is 13.0 Å². The number of hydrogen-bond acceptors (Lipinski definition) is 3. The third-order valence-electron chi connectivity index (χ3n) is 4.58. The molecule has 1 aliphatic heterocycles. The van der Waals surface area contributed by atoms with Gasteiger partial charge in [0.2, 0.25) is 5.82 Å². The molecule has 0 N–H and O–H groups in total. The lowest BCUT2D eigenvalue weighted by Crippen LogP contribution is -2.42. The van der Waals surface area contributed by atoms with Crippen molar-refractivity contribution < 1.29 is 9.13 Å². The minimum atomic E-state index is -0.949. The summed E-state index contributed by atoms with van der Waals surface area (Å²) < 4.78 is 21.7. The van der Waals surface area contributed by atoms with E-state index in [4.69, 9.17) is 4.74 Å². The Morgan fingerprint density at radius 2 is 1.92 bits per heavy atom. The summed E-state index contributed by atoms with van der Waals surface area (Å²) >= 11 is 0. The van der Waals surface area contributed by atoms with Gasteiger partial charge in [0.1, 0.15) is 6.23 Å². The molecule has 1 saturated heterocycles. The average Bonchev–Trinajstić information content (AvgIpc) is 3.16. The highest BCUT2D eigenvalue weighted by Gasteiger charge is 2.22. The SMILES string of the molecule is O=c1c(F)cn([C@H]2CCCO2)c(=O)n1Cc1cccc2ccccc12. The summed E-state index contributed by atoms with van der Waals surface area (Å²) in [6.45, 7) is 0.546. The highest BCUT2D eigenvalue weighted by Crippen LogP contribution is 2.21. The fourth-order valence-corrected chi connectivity index (χ4v) is 3.31. The normalized spacial score (nSPS) is 17.2. The summed E-state index contributed by atoms with van der Waals surface area (Å²) in [5.74, 6) is -0.949. The standard InChI is InChI=1S/C19H17FN2O3/c20-16-12-21(17-9-4-10-25-17)19(24)22(18(16)23)11-14-7-3-6-13-5-1-2-8-15(13)14/h1-3,5-8,12,17H,4,9-11H2/t17-/m1/s1. The second-order valence-corrected chi connectivity index (χ2v) is 6.16. The monoisotopic (exact) mass is 340 g/mol. The fraction of sp³-hybridized carbons (Fsp3) is 0.263. The van der Waals surface area contributed by atoms with E-state index in [2.05, 4.69) is 0 Å². The van der Waals surface area contributed by atoms with Crippen molar-refractivity contribution in [3.8, 4) is 0 Å². The van der Waals surface area contributed by atoms with E-state index in [1.807, 2.05) is 42.5 Å². The van der Waals surface area contributed by atoms with Crippen LogP contribution in [0.4, 0.5) is 4.39 Å². The zero-order valence-electron chi connectivity index (χ0n) is 13.5. The van der Waals surface area contributed by atoms with Crippen molar-refractivity contribution in [3.05, 3.63) is 80.9 Å². The molecule has 5 nitrogen and oxygen atoms in total. The zero-order chi connectivity index (χ0) is 17.4. The van der Waals surface area contributed by atoms with E-state index in [1.165, 1.54) is 4.57 Å². The van der Waals surface area contributed by atoms with E-state index in [1.54, 1.807) is 0 Å².